The van der Waals surface area contributed by atoms with Gasteiger partial charge in [0.15, 0.2) is 34.9 Å². The zero-order valence-electron chi connectivity index (χ0n) is 50.8. The third-order valence-corrected chi connectivity index (χ3v) is 18.6. The number of hydrogen-bond donors (Lipinski definition) is 0. The largest absolute Gasteiger partial charge is 0.456 e. The molecule has 12 aromatic carbocycles. The fourth-order valence-electron chi connectivity index (χ4n) is 14.2. The smallest absolute Gasteiger partial charge is 0.164 e. The first-order valence-electron chi connectivity index (χ1n) is 31.7. The molecule has 0 aliphatic rings. The second kappa shape index (κ2) is 21.1. The van der Waals surface area contributed by atoms with Crippen molar-refractivity contribution < 1.29 is 17.7 Å². The molecule has 12 heteroatoms. The second-order valence-corrected chi connectivity index (χ2v) is 24.0. The van der Waals surface area contributed by atoms with E-state index in [1.54, 1.807) is 6.20 Å². The van der Waals surface area contributed by atoms with E-state index < -0.39 is 0 Å². The fraction of sp³-hybridized carbons (Fsp3) is 0. The molecular weight excluding hydrogens is 1180 g/mol. The Balaban J connectivity index is 0.698. The Morgan fingerprint density at radius 2 is 0.677 bits per heavy atom. The van der Waals surface area contributed by atoms with Gasteiger partial charge in [0.25, 0.3) is 0 Å². The molecule has 0 fully saturated rings. The molecule has 20 rings (SSSR count). The van der Waals surface area contributed by atoms with Crippen LogP contribution < -0.4 is 0 Å². The van der Waals surface area contributed by atoms with Gasteiger partial charge in [0, 0.05) is 107 Å². The summed E-state index contributed by atoms with van der Waals surface area (Å²) in [5.41, 5.74) is 16.8. The summed E-state index contributed by atoms with van der Waals surface area (Å²) in [6, 6.07) is 88.6. The van der Waals surface area contributed by atoms with Gasteiger partial charge in [-0.25, -0.2) is 29.9 Å². The molecule has 0 N–H and O–H groups in total. The topological polar surface area (TPSA) is 156 Å². The predicted octanol–water partition coefficient (Wildman–Crippen LogP) is 21.8. The lowest BCUT2D eigenvalue weighted by molar-refractivity contribution is 0.667. The SMILES string of the molecule is c1ccc(-c2nc(-c3ccc4c(-c5cccc6oc7ccccc7c56)cccc4c3)nc(-c3cccc4oc5cc(-c6ccc(-c7cccc8c(-c9nc(-c%10ccccc%10)nc(-c%10cccc%11oc%12ccncc%12c%10%11)n9)cccc78)c7c6oc6ccccc67)ncc5c34)n2)cc1. The number of fused-ring (bicyclic) bond motifs is 14. The first-order valence-corrected chi connectivity index (χ1v) is 31.7. The zero-order chi connectivity index (χ0) is 63.0. The molecule has 12 nitrogen and oxygen atoms in total. The Morgan fingerprint density at radius 3 is 1.36 bits per heavy atom. The highest BCUT2D eigenvalue weighted by atomic mass is 16.3. The Labute approximate surface area is 545 Å². The lowest BCUT2D eigenvalue weighted by atomic mass is 9.91. The summed E-state index contributed by atoms with van der Waals surface area (Å²) < 4.78 is 26.4. The highest BCUT2D eigenvalue weighted by Crippen LogP contribution is 2.47. The van der Waals surface area contributed by atoms with Crippen LogP contribution in [0.5, 0.6) is 0 Å². The van der Waals surface area contributed by atoms with Gasteiger partial charge in [0.2, 0.25) is 0 Å². The summed E-state index contributed by atoms with van der Waals surface area (Å²) in [5, 5.41) is 11.7. The van der Waals surface area contributed by atoms with Crippen molar-refractivity contribution in [3.8, 4) is 102 Å². The first kappa shape index (κ1) is 53.4. The molecule has 446 valence electrons. The number of benzene rings is 12. The third-order valence-electron chi connectivity index (χ3n) is 18.6. The average Bonchev–Trinajstić information content (AvgIpc) is 1.78. The average molecular weight is 1230 g/mol. The standard InChI is InChI=1S/C84H46N8O4/c1-3-17-47(18-4-1)79-87-81(50-37-38-51-49(43-50)21-11-24-52(51)56-28-14-34-70-74(56)60-22-7-9-32-67(60)93-70)91-83(89-79)63-31-16-36-72-76(63)65-46-86-66(44-73(65)95-72)59-40-39-57(77-61-23-8-10-33-68(61)96-78(59)77)54-26-12-27-55-53(54)25-13-29-58(55)82-88-80(48-19-5-2-6-20-48)90-84(92-82)62-30-15-35-71-75(62)64-45-85-42-41-69(64)94-71/h1-46H. The minimum Gasteiger partial charge on any atom is -0.456 e. The van der Waals surface area contributed by atoms with E-state index in [9.17, 15) is 0 Å². The number of pyridine rings is 2. The van der Waals surface area contributed by atoms with Crippen LogP contribution in [0.1, 0.15) is 0 Å². The van der Waals surface area contributed by atoms with Crippen LogP contribution >= 0.6 is 0 Å². The van der Waals surface area contributed by atoms with Crippen LogP contribution in [0, 0.1) is 0 Å². The summed E-state index contributed by atoms with van der Waals surface area (Å²) in [5.74, 6) is 3.23. The van der Waals surface area contributed by atoms with Crippen molar-refractivity contribution in [2.75, 3.05) is 0 Å². The normalized spacial score (nSPS) is 12.0. The molecule has 0 unspecified atom stereocenters. The van der Waals surface area contributed by atoms with Gasteiger partial charge in [0.1, 0.15) is 44.7 Å². The van der Waals surface area contributed by atoms with Gasteiger partial charge in [-0.3, -0.25) is 9.97 Å². The fourth-order valence-corrected chi connectivity index (χ4v) is 14.2. The number of nitrogens with zero attached hydrogens (tertiary/aromatic N) is 8. The molecule has 8 heterocycles. The summed E-state index contributed by atoms with van der Waals surface area (Å²) >= 11 is 0. The van der Waals surface area contributed by atoms with E-state index in [4.69, 9.17) is 52.6 Å². The maximum atomic E-state index is 6.95. The molecule has 0 radical (unpaired) electrons. The number of rotatable bonds is 9. The van der Waals surface area contributed by atoms with E-state index in [2.05, 4.69) is 126 Å². The van der Waals surface area contributed by atoms with Gasteiger partial charge >= 0.3 is 0 Å². The molecule has 96 heavy (non-hydrogen) atoms. The van der Waals surface area contributed by atoms with Crippen molar-refractivity contribution in [3.05, 3.63) is 279 Å². The molecule has 0 bridgehead atoms. The summed E-state index contributed by atoms with van der Waals surface area (Å²) in [4.78, 5) is 41.1. The van der Waals surface area contributed by atoms with E-state index in [-0.39, 0.29) is 0 Å². The van der Waals surface area contributed by atoms with E-state index in [0.29, 0.717) is 57.4 Å². The highest BCUT2D eigenvalue weighted by molar-refractivity contribution is 6.21. The predicted molar refractivity (Wildman–Crippen MR) is 382 cm³/mol. The highest BCUT2D eigenvalue weighted by Gasteiger charge is 2.25. The van der Waals surface area contributed by atoms with Crippen molar-refractivity contribution in [1.82, 2.24) is 39.9 Å². The molecule has 0 aliphatic heterocycles. The quantitative estimate of drug-likeness (QED) is 0.135. The molecule has 0 saturated heterocycles. The van der Waals surface area contributed by atoms with Crippen LogP contribution in [-0.2, 0) is 0 Å². The van der Waals surface area contributed by atoms with Crippen LogP contribution in [0.2, 0.25) is 0 Å². The summed E-state index contributed by atoms with van der Waals surface area (Å²) in [6.07, 6.45) is 5.47. The number of para-hydroxylation sites is 2. The van der Waals surface area contributed by atoms with Crippen molar-refractivity contribution in [3.63, 3.8) is 0 Å². The monoisotopic (exact) mass is 1230 g/mol. The lowest BCUT2D eigenvalue weighted by Gasteiger charge is -2.14. The maximum Gasteiger partial charge on any atom is 0.164 e. The van der Waals surface area contributed by atoms with Crippen LogP contribution in [0.4, 0.5) is 0 Å². The number of aromatic nitrogens is 8. The van der Waals surface area contributed by atoms with E-state index >= 15 is 0 Å². The molecule has 0 atom stereocenters. The van der Waals surface area contributed by atoms with Crippen LogP contribution in [-0.4, -0.2) is 39.9 Å². The van der Waals surface area contributed by atoms with Crippen LogP contribution in [0.15, 0.2) is 297 Å². The maximum absolute atomic E-state index is 6.95. The van der Waals surface area contributed by atoms with Gasteiger partial charge in [0.05, 0.1) is 5.69 Å². The van der Waals surface area contributed by atoms with E-state index in [1.807, 2.05) is 152 Å². The molecule has 0 aliphatic carbocycles. The Bertz CT molecular complexity index is 6610. The van der Waals surface area contributed by atoms with Crippen LogP contribution in [0.3, 0.4) is 0 Å². The summed E-state index contributed by atoms with van der Waals surface area (Å²) in [6.45, 7) is 0. The summed E-state index contributed by atoms with van der Waals surface area (Å²) in [7, 11) is 0. The van der Waals surface area contributed by atoms with Gasteiger partial charge in [-0.05, 0) is 92.3 Å². The minimum atomic E-state index is 0.508. The Kier molecular flexibility index (Phi) is 11.7. The molecule has 0 amide bonds. The van der Waals surface area contributed by atoms with Gasteiger partial charge in [-0.1, -0.05) is 206 Å². The molecular formula is C84H46N8O4. The first-order chi connectivity index (χ1) is 47.6. The van der Waals surface area contributed by atoms with Crippen LogP contribution in [0.25, 0.3) is 211 Å². The molecule has 20 aromatic rings. The van der Waals surface area contributed by atoms with Crippen molar-refractivity contribution in [2.24, 2.45) is 0 Å². The lowest BCUT2D eigenvalue weighted by Crippen LogP contribution is -2.01. The van der Waals surface area contributed by atoms with Gasteiger partial charge in [-0.2, -0.15) is 0 Å². The third kappa shape index (κ3) is 8.42. The Hall–Kier alpha value is -13.3. The number of furan rings is 4. The second-order valence-electron chi connectivity index (χ2n) is 24.0. The molecule has 8 aromatic heterocycles. The van der Waals surface area contributed by atoms with Gasteiger partial charge < -0.3 is 17.7 Å². The van der Waals surface area contributed by atoms with Crippen molar-refractivity contribution in [2.45, 2.75) is 0 Å². The van der Waals surface area contributed by atoms with Crippen molar-refractivity contribution >= 4 is 109 Å². The van der Waals surface area contributed by atoms with Crippen molar-refractivity contribution in [1.29, 1.82) is 0 Å². The van der Waals surface area contributed by atoms with E-state index in [1.165, 1.54) is 0 Å². The minimum absolute atomic E-state index is 0.508. The van der Waals surface area contributed by atoms with Gasteiger partial charge in [-0.15, -0.1) is 0 Å². The zero-order valence-corrected chi connectivity index (χ0v) is 50.8. The molecule has 0 saturated carbocycles. The molecule has 0 spiro atoms. The van der Waals surface area contributed by atoms with E-state index in [0.717, 1.165) is 154 Å². The Morgan fingerprint density at radius 1 is 0.229 bits per heavy atom. The number of hydrogen-bond acceptors (Lipinski definition) is 12.